The summed E-state index contributed by atoms with van der Waals surface area (Å²) in [6.45, 7) is 12.4. The van der Waals surface area contributed by atoms with Crippen LogP contribution in [0.5, 0.6) is 5.75 Å². The molecule has 5 nitrogen and oxygen atoms in total. The van der Waals surface area contributed by atoms with Crippen LogP contribution in [0.25, 0.3) is 0 Å². The molecule has 0 aromatic heterocycles. The minimum Gasteiger partial charge on any atom is -0.494 e. The van der Waals surface area contributed by atoms with Crippen molar-refractivity contribution in [2.24, 2.45) is 0 Å². The van der Waals surface area contributed by atoms with Crippen LogP contribution in [0.2, 0.25) is 0 Å². The van der Waals surface area contributed by atoms with Crippen molar-refractivity contribution < 1.29 is 98.0 Å². The molecule has 2 fully saturated rings. The Labute approximate surface area is 292 Å². The van der Waals surface area contributed by atoms with E-state index in [1.165, 1.54) is 18.2 Å². The topological polar surface area (TPSA) is 46.2 Å². The van der Waals surface area contributed by atoms with Gasteiger partial charge in [0.1, 0.15) is 5.75 Å². The highest BCUT2D eigenvalue weighted by Gasteiger charge is 2.95. The van der Waals surface area contributed by atoms with Crippen LogP contribution in [-0.2, 0) is 18.6 Å². The Morgan fingerprint density at radius 3 is 1.09 bits per heavy atom. The fourth-order valence-electron chi connectivity index (χ4n) is 4.80. The normalized spacial score (nSPS) is 21.4. The third-order valence-electron chi connectivity index (χ3n) is 9.69. The Balaban J connectivity index is 1.87. The molecular formula is C29H33B2F17O5. The molecule has 3 rings (SSSR count). The van der Waals surface area contributed by atoms with Crippen LogP contribution < -0.4 is 15.7 Å². The molecule has 24 heteroatoms. The van der Waals surface area contributed by atoms with Crippen molar-refractivity contribution in [2.45, 2.75) is 138 Å². The lowest BCUT2D eigenvalue weighted by Crippen LogP contribution is -2.74. The van der Waals surface area contributed by atoms with Crippen LogP contribution in [0.4, 0.5) is 74.6 Å². The SMILES string of the molecule is CC1(C)OB(c2cc(OCCCC(F)(F)C(F)(F)C(F)(F)C(F)(F)C(F)(F)C(F)(F)C(F)(F)C(F)(F)F)cc(B3OC(C)(C)C(C)(C)O3)c2)OC1(C)C. The van der Waals surface area contributed by atoms with Crippen molar-refractivity contribution >= 4 is 25.2 Å². The number of hydrogen-bond acceptors (Lipinski definition) is 5. The summed E-state index contributed by atoms with van der Waals surface area (Å²) in [7, 11) is -2.23. The summed E-state index contributed by atoms with van der Waals surface area (Å²) in [6, 6.07) is 3.94. The van der Waals surface area contributed by atoms with E-state index in [1.807, 2.05) is 0 Å². The van der Waals surface area contributed by atoms with E-state index in [9.17, 15) is 74.6 Å². The minimum absolute atomic E-state index is 0.207. The maximum absolute atomic E-state index is 14.4. The first-order valence-electron chi connectivity index (χ1n) is 15.4. The Hall–Kier alpha value is -2.20. The summed E-state index contributed by atoms with van der Waals surface area (Å²) in [5.74, 6) is -57.0. The molecule has 0 spiro atoms. The van der Waals surface area contributed by atoms with Gasteiger partial charge in [-0.15, -0.1) is 0 Å². The Morgan fingerprint density at radius 1 is 0.472 bits per heavy atom. The van der Waals surface area contributed by atoms with E-state index in [2.05, 4.69) is 0 Å². The summed E-state index contributed by atoms with van der Waals surface area (Å²) in [5.41, 5.74) is -3.17. The van der Waals surface area contributed by atoms with Crippen molar-refractivity contribution in [3.05, 3.63) is 18.2 Å². The molecule has 0 aliphatic carbocycles. The average Bonchev–Trinajstić information content (AvgIpc) is 3.33. The molecule has 2 saturated heterocycles. The number of hydrogen-bond donors (Lipinski definition) is 0. The lowest BCUT2D eigenvalue weighted by molar-refractivity contribution is -0.461. The number of rotatable bonds is 13. The summed E-state index contributed by atoms with van der Waals surface area (Å²) >= 11 is 0. The second-order valence-electron chi connectivity index (χ2n) is 14.6. The second-order valence-corrected chi connectivity index (χ2v) is 14.6. The van der Waals surface area contributed by atoms with Crippen molar-refractivity contribution in [3.63, 3.8) is 0 Å². The zero-order valence-corrected chi connectivity index (χ0v) is 29.0. The molecule has 2 heterocycles. The first-order valence-corrected chi connectivity index (χ1v) is 15.4. The smallest absolute Gasteiger partial charge is 0.494 e. The standard InChI is InChI=1S/C29H33B2F17O5/c1-18(2)19(3,4)51-30(50-18)15-12-16(31-52-20(5,6)21(7,8)53-31)14-17(13-15)49-11-9-10-22(32,33)23(34,35)24(36,37)25(38,39)26(40,41)27(42,43)28(44,45)29(46,47)48/h12-14H,9-11H2,1-8H3. The summed E-state index contributed by atoms with van der Waals surface area (Å²) < 4.78 is 261. The van der Waals surface area contributed by atoms with Crippen molar-refractivity contribution in [1.29, 1.82) is 0 Å². The van der Waals surface area contributed by atoms with Gasteiger partial charge in [0.15, 0.2) is 0 Å². The van der Waals surface area contributed by atoms with Gasteiger partial charge in [0, 0.05) is 6.42 Å². The predicted octanol–water partition coefficient (Wildman–Crippen LogP) is 8.45. The maximum atomic E-state index is 14.4. The average molecular weight is 806 g/mol. The van der Waals surface area contributed by atoms with E-state index in [0.29, 0.717) is 0 Å². The fourth-order valence-corrected chi connectivity index (χ4v) is 4.80. The summed E-state index contributed by atoms with van der Waals surface area (Å²) in [4.78, 5) is 0. The van der Waals surface area contributed by atoms with Crippen LogP contribution in [0, 0.1) is 0 Å². The van der Waals surface area contributed by atoms with Crippen LogP contribution in [0.1, 0.15) is 68.2 Å². The molecule has 0 bridgehead atoms. The zero-order chi connectivity index (χ0) is 41.7. The largest absolute Gasteiger partial charge is 0.494 e. The van der Waals surface area contributed by atoms with E-state index in [-0.39, 0.29) is 16.7 Å². The summed E-state index contributed by atoms with van der Waals surface area (Å²) in [6.07, 6.45) is -11.9. The molecule has 0 amide bonds. The van der Waals surface area contributed by atoms with Gasteiger partial charge in [-0.05, 0) is 84.9 Å². The molecular weight excluding hydrogens is 773 g/mol. The van der Waals surface area contributed by atoms with Crippen molar-refractivity contribution in [2.75, 3.05) is 6.61 Å². The highest BCUT2D eigenvalue weighted by Crippen LogP contribution is 2.64. The highest BCUT2D eigenvalue weighted by molar-refractivity contribution is 6.66. The molecule has 0 radical (unpaired) electrons. The van der Waals surface area contributed by atoms with Crippen LogP contribution in [-0.4, -0.2) is 90.9 Å². The zero-order valence-electron chi connectivity index (χ0n) is 29.0. The Bertz CT molecular complexity index is 1430. The molecule has 2 aliphatic rings. The Morgan fingerprint density at radius 2 is 0.774 bits per heavy atom. The van der Waals surface area contributed by atoms with E-state index in [0.717, 1.165) is 0 Å². The molecule has 2 aliphatic heterocycles. The minimum atomic E-state index is -8.68. The van der Waals surface area contributed by atoms with Gasteiger partial charge < -0.3 is 23.4 Å². The van der Waals surface area contributed by atoms with Gasteiger partial charge in [0.2, 0.25) is 0 Å². The monoisotopic (exact) mass is 806 g/mol. The molecule has 0 saturated carbocycles. The van der Waals surface area contributed by atoms with E-state index in [4.69, 9.17) is 23.4 Å². The third-order valence-corrected chi connectivity index (χ3v) is 9.69. The third kappa shape index (κ3) is 7.08. The first-order chi connectivity index (χ1) is 23.2. The predicted molar refractivity (Wildman–Crippen MR) is 153 cm³/mol. The molecule has 0 unspecified atom stereocenters. The van der Waals surface area contributed by atoms with E-state index < -0.39 is 104 Å². The van der Waals surface area contributed by atoms with Crippen molar-refractivity contribution in [3.8, 4) is 5.75 Å². The van der Waals surface area contributed by atoms with Gasteiger partial charge >= 0.3 is 61.9 Å². The fraction of sp³-hybridized carbons (Fsp3) is 0.793. The molecule has 53 heavy (non-hydrogen) atoms. The van der Waals surface area contributed by atoms with E-state index in [1.54, 1.807) is 55.4 Å². The second kappa shape index (κ2) is 12.9. The maximum Gasteiger partial charge on any atom is 0.494 e. The summed E-state index contributed by atoms with van der Waals surface area (Å²) in [5, 5.41) is 0. The van der Waals surface area contributed by atoms with E-state index >= 15 is 0 Å². The number of benzene rings is 1. The molecule has 1 aromatic rings. The van der Waals surface area contributed by atoms with Gasteiger partial charge in [0.25, 0.3) is 0 Å². The number of alkyl halides is 17. The van der Waals surface area contributed by atoms with Crippen molar-refractivity contribution in [1.82, 2.24) is 0 Å². The first kappa shape index (κ1) is 45.2. The van der Waals surface area contributed by atoms with Crippen LogP contribution in [0.3, 0.4) is 0 Å². The quantitative estimate of drug-likeness (QED) is 0.114. The van der Waals surface area contributed by atoms with Gasteiger partial charge in [-0.2, -0.15) is 74.6 Å². The molecule has 0 N–H and O–H groups in total. The number of halogens is 17. The van der Waals surface area contributed by atoms with Crippen LogP contribution in [0.15, 0.2) is 18.2 Å². The van der Waals surface area contributed by atoms with Gasteiger partial charge in [-0.25, -0.2) is 0 Å². The van der Waals surface area contributed by atoms with Gasteiger partial charge in [0.05, 0.1) is 29.0 Å². The molecule has 1 aromatic carbocycles. The lowest BCUT2D eigenvalue weighted by Gasteiger charge is -2.42. The molecule has 304 valence electrons. The van der Waals surface area contributed by atoms with Crippen LogP contribution >= 0.6 is 0 Å². The lowest BCUT2D eigenvalue weighted by atomic mass is 9.71. The Kier molecular flexibility index (Phi) is 11.0. The number of ether oxygens (including phenoxy) is 1. The van der Waals surface area contributed by atoms with Gasteiger partial charge in [-0.1, -0.05) is 6.07 Å². The highest BCUT2D eigenvalue weighted by atomic mass is 19.4. The molecule has 0 atom stereocenters. The van der Waals surface area contributed by atoms with Gasteiger partial charge in [-0.3, -0.25) is 0 Å².